The highest BCUT2D eigenvalue weighted by molar-refractivity contribution is 9.10. The predicted molar refractivity (Wildman–Crippen MR) is 71.9 cm³/mol. The molecule has 0 aliphatic carbocycles. The lowest BCUT2D eigenvalue weighted by molar-refractivity contribution is 1.14. The van der Waals surface area contributed by atoms with Crippen LogP contribution < -0.4 is 5.32 Å². The Labute approximate surface area is 111 Å². The molecule has 1 heterocycles. The second kappa shape index (κ2) is 4.93. The largest absolute Gasteiger partial charge is 0.340 e. The van der Waals surface area contributed by atoms with Crippen LogP contribution in [0.5, 0.6) is 0 Å². The highest BCUT2D eigenvalue weighted by Gasteiger charge is 1.99. The summed E-state index contributed by atoms with van der Waals surface area (Å²) < 4.78 is 1.81. The van der Waals surface area contributed by atoms with Crippen molar-refractivity contribution in [1.29, 1.82) is 0 Å². The van der Waals surface area contributed by atoms with Gasteiger partial charge in [0.2, 0.25) is 0 Å². The van der Waals surface area contributed by atoms with Gasteiger partial charge in [-0.1, -0.05) is 15.9 Å². The summed E-state index contributed by atoms with van der Waals surface area (Å²) in [6.45, 7) is 2.05. The maximum Gasteiger partial charge on any atom is 0.134 e. The molecule has 1 aromatic heterocycles. The first kappa shape index (κ1) is 11.5. The average molecular weight is 343 g/mol. The van der Waals surface area contributed by atoms with Gasteiger partial charge in [-0.15, -0.1) is 0 Å². The summed E-state index contributed by atoms with van der Waals surface area (Å²) in [6, 6.07) is 7.95. The summed E-state index contributed by atoms with van der Waals surface area (Å²) in [7, 11) is 0. The monoisotopic (exact) mass is 341 g/mol. The van der Waals surface area contributed by atoms with Crippen molar-refractivity contribution in [2.75, 3.05) is 5.32 Å². The van der Waals surface area contributed by atoms with Crippen molar-refractivity contribution in [2.24, 2.45) is 0 Å². The lowest BCUT2D eigenvalue weighted by Gasteiger charge is -2.07. The summed E-state index contributed by atoms with van der Waals surface area (Å²) in [4.78, 5) is 8.10. The van der Waals surface area contributed by atoms with Gasteiger partial charge in [0.05, 0.1) is 0 Å². The summed E-state index contributed by atoms with van der Waals surface area (Å²) >= 11 is 6.76. The van der Waals surface area contributed by atoms with Crippen LogP contribution in [-0.4, -0.2) is 9.97 Å². The van der Waals surface area contributed by atoms with Gasteiger partial charge in [-0.25, -0.2) is 9.97 Å². The topological polar surface area (TPSA) is 37.8 Å². The van der Waals surface area contributed by atoms with E-state index in [4.69, 9.17) is 0 Å². The van der Waals surface area contributed by atoms with Gasteiger partial charge < -0.3 is 5.32 Å². The first-order valence-corrected chi connectivity index (χ1v) is 6.24. The normalized spacial score (nSPS) is 10.2. The Morgan fingerprint density at radius 1 is 1.06 bits per heavy atom. The second-order valence-electron chi connectivity index (χ2n) is 3.37. The van der Waals surface area contributed by atoms with Crippen LogP contribution in [0, 0.1) is 6.92 Å². The SMILES string of the molecule is Cc1cc(Br)cc(Nc2cc(Br)ncn2)c1. The zero-order valence-corrected chi connectivity index (χ0v) is 11.7. The summed E-state index contributed by atoms with van der Waals surface area (Å²) in [6.07, 6.45) is 1.51. The van der Waals surface area contributed by atoms with Crippen LogP contribution in [0.1, 0.15) is 5.56 Å². The maximum atomic E-state index is 4.13. The van der Waals surface area contributed by atoms with Crippen molar-refractivity contribution in [2.45, 2.75) is 6.92 Å². The molecule has 16 heavy (non-hydrogen) atoms. The predicted octanol–water partition coefficient (Wildman–Crippen LogP) is 4.05. The molecule has 1 N–H and O–H groups in total. The van der Waals surface area contributed by atoms with E-state index in [9.17, 15) is 0 Å². The number of rotatable bonds is 2. The summed E-state index contributed by atoms with van der Waals surface area (Å²) in [5.74, 6) is 0.763. The van der Waals surface area contributed by atoms with E-state index >= 15 is 0 Å². The fraction of sp³-hybridized carbons (Fsp3) is 0.0909. The second-order valence-corrected chi connectivity index (χ2v) is 5.10. The number of hydrogen-bond acceptors (Lipinski definition) is 3. The Morgan fingerprint density at radius 3 is 2.56 bits per heavy atom. The summed E-state index contributed by atoms with van der Waals surface area (Å²) in [5.41, 5.74) is 2.18. The van der Waals surface area contributed by atoms with E-state index in [0.717, 1.165) is 20.6 Å². The standard InChI is InChI=1S/C11H9Br2N3/c1-7-2-8(12)4-9(3-7)16-11-5-10(13)14-6-15-11/h2-6H,1H3,(H,14,15,16). The Morgan fingerprint density at radius 2 is 1.88 bits per heavy atom. The van der Waals surface area contributed by atoms with Gasteiger partial charge in [-0.3, -0.25) is 0 Å². The van der Waals surface area contributed by atoms with Crippen LogP contribution >= 0.6 is 31.9 Å². The molecule has 0 aliphatic heterocycles. The fourth-order valence-electron chi connectivity index (χ4n) is 1.36. The Balaban J connectivity index is 2.27. The smallest absolute Gasteiger partial charge is 0.134 e. The highest BCUT2D eigenvalue weighted by Crippen LogP contribution is 2.22. The molecule has 0 saturated heterocycles. The van der Waals surface area contributed by atoms with Gasteiger partial charge in [-0.2, -0.15) is 0 Å². The Kier molecular flexibility index (Phi) is 3.56. The van der Waals surface area contributed by atoms with Crippen LogP contribution in [0.25, 0.3) is 0 Å². The van der Waals surface area contributed by atoms with E-state index < -0.39 is 0 Å². The van der Waals surface area contributed by atoms with Gasteiger partial charge in [0.15, 0.2) is 0 Å². The van der Waals surface area contributed by atoms with E-state index in [1.165, 1.54) is 11.9 Å². The molecule has 5 heteroatoms. The molecule has 2 aromatic rings. The quantitative estimate of drug-likeness (QED) is 0.836. The van der Waals surface area contributed by atoms with Gasteiger partial charge in [0.1, 0.15) is 16.7 Å². The molecular formula is C11H9Br2N3. The highest BCUT2D eigenvalue weighted by atomic mass is 79.9. The molecule has 0 aliphatic rings. The Bertz CT molecular complexity index is 494. The van der Waals surface area contributed by atoms with Crippen molar-refractivity contribution in [1.82, 2.24) is 9.97 Å². The van der Waals surface area contributed by atoms with Crippen molar-refractivity contribution in [3.8, 4) is 0 Å². The molecule has 0 saturated carbocycles. The fourth-order valence-corrected chi connectivity index (χ4v) is 2.27. The molecule has 82 valence electrons. The number of halogens is 2. The number of nitrogens with one attached hydrogen (secondary N) is 1. The van der Waals surface area contributed by atoms with Crippen LogP contribution in [0.4, 0.5) is 11.5 Å². The molecule has 0 spiro atoms. The van der Waals surface area contributed by atoms with E-state index in [1.807, 2.05) is 19.1 Å². The molecular weight excluding hydrogens is 334 g/mol. The molecule has 0 atom stereocenters. The van der Waals surface area contributed by atoms with Gasteiger partial charge in [0, 0.05) is 16.2 Å². The third-order valence-electron chi connectivity index (χ3n) is 1.95. The van der Waals surface area contributed by atoms with Crippen molar-refractivity contribution in [3.63, 3.8) is 0 Å². The molecule has 0 unspecified atom stereocenters. The Hall–Kier alpha value is -0.940. The molecule has 3 nitrogen and oxygen atoms in total. The molecule has 0 bridgehead atoms. The number of aromatic nitrogens is 2. The van der Waals surface area contributed by atoms with Crippen LogP contribution in [0.15, 0.2) is 39.7 Å². The molecule has 0 radical (unpaired) electrons. The van der Waals surface area contributed by atoms with Gasteiger partial charge in [0.25, 0.3) is 0 Å². The number of aryl methyl sites for hydroxylation is 1. The van der Waals surface area contributed by atoms with Crippen LogP contribution in [0.2, 0.25) is 0 Å². The molecule has 0 fully saturated rings. The summed E-state index contributed by atoms with van der Waals surface area (Å²) in [5, 5.41) is 3.22. The molecule has 1 aromatic carbocycles. The van der Waals surface area contributed by atoms with Crippen molar-refractivity contribution in [3.05, 3.63) is 45.2 Å². The van der Waals surface area contributed by atoms with E-state index in [2.05, 4.69) is 59.3 Å². The van der Waals surface area contributed by atoms with E-state index in [-0.39, 0.29) is 0 Å². The number of hydrogen-bond donors (Lipinski definition) is 1. The van der Waals surface area contributed by atoms with Gasteiger partial charge >= 0.3 is 0 Å². The lowest BCUT2D eigenvalue weighted by atomic mass is 10.2. The average Bonchev–Trinajstić information content (AvgIpc) is 2.15. The lowest BCUT2D eigenvalue weighted by Crippen LogP contribution is -1.94. The minimum atomic E-state index is 0.761. The zero-order chi connectivity index (χ0) is 11.5. The number of anilines is 2. The third kappa shape index (κ3) is 3.02. The van der Waals surface area contributed by atoms with Crippen molar-refractivity contribution < 1.29 is 0 Å². The zero-order valence-electron chi connectivity index (χ0n) is 8.54. The van der Waals surface area contributed by atoms with E-state index in [0.29, 0.717) is 0 Å². The third-order valence-corrected chi connectivity index (χ3v) is 2.84. The first-order chi connectivity index (χ1) is 7.63. The van der Waals surface area contributed by atoms with Crippen LogP contribution in [0.3, 0.4) is 0 Å². The van der Waals surface area contributed by atoms with Crippen LogP contribution in [-0.2, 0) is 0 Å². The number of benzene rings is 1. The minimum absolute atomic E-state index is 0.761. The van der Waals surface area contributed by atoms with E-state index in [1.54, 1.807) is 0 Å². The first-order valence-electron chi connectivity index (χ1n) is 4.65. The van der Waals surface area contributed by atoms with Crippen molar-refractivity contribution >= 4 is 43.4 Å². The minimum Gasteiger partial charge on any atom is -0.340 e. The number of nitrogens with zero attached hydrogens (tertiary/aromatic N) is 2. The molecule has 2 rings (SSSR count). The molecule has 0 amide bonds. The van der Waals surface area contributed by atoms with Gasteiger partial charge in [-0.05, 0) is 46.6 Å². The maximum absolute atomic E-state index is 4.13.